The number of nitrogens with one attached hydrogen (secondary N) is 3. The van der Waals surface area contributed by atoms with Crippen LogP contribution in [-0.2, 0) is 4.79 Å². The van der Waals surface area contributed by atoms with Crippen LogP contribution in [0.15, 0.2) is 48.5 Å². The van der Waals surface area contributed by atoms with E-state index < -0.39 is 23.8 Å². The second-order valence-corrected chi connectivity index (χ2v) is 8.30. The molecule has 31 heavy (non-hydrogen) atoms. The SMILES string of the molecule is CCC(C)C(NC(=O)Nc1cccc(F)c1)C(=O)Nc1nnc(-c2cccc(Cl)c2)s1. The fourth-order valence-electron chi connectivity index (χ4n) is 2.77. The summed E-state index contributed by atoms with van der Waals surface area (Å²) >= 11 is 7.21. The van der Waals surface area contributed by atoms with Gasteiger partial charge in [-0.1, -0.05) is 61.4 Å². The molecule has 10 heteroatoms. The maximum Gasteiger partial charge on any atom is 0.319 e. The molecule has 0 bridgehead atoms. The van der Waals surface area contributed by atoms with Gasteiger partial charge in [0, 0.05) is 16.3 Å². The van der Waals surface area contributed by atoms with E-state index in [2.05, 4.69) is 26.1 Å². The average molecular weight is 462 g/mol. The number of benzene rings is 2. The number of anilines is 2. The van der Waals surface area contributed by atoms with Crippen molar-refractivity contribution in [1.29, 1.82) is 0 Å². The van der Waals surface area contributed by atoms with Crippen molar-refractivity contribution in [2.24, 2.45) is 5.92 Å². The van der Waals surface area contributed by atoms with Gasteiger partial charge in [0.25, 0.3) is 0 Å². The van der Waals surface area contributed by atoms with Crippen LogP contribution in [0.2, 0.25) is 5.02 Å². The van der Waals surface area contributed by atoms with Crippen LogP contribution < -0.4 is 16.0 Å². The first-order valence-electron chi connectivity index (χ1n) is 9.59. The van der Waals surface area contributed by atoms with Crippen LogP contribution in [-0.4, -0.2) is 28.2 Å². The minimum atomic E-state index is -0.822. The summed E-state index contributed by atoms with van der Waals surface area (Å²) in [6.07, 6.45) is 0.655. The van der Waals surface area contributed by atoms with Crippen LogP contribution in [0.3, 0.4) is 0 Å². The molecule has 162 valence electrons. The molecule has 3 N–H and O–H groups in total. The molecule has 0 aliphatic heterocycles. The van der Waals surface area contributed by atoms with Gasteiger partial charge in [0.2, 0.25) is 11.0 Å². The molecule has 0 radical (unpaired) electrons. The molecule has 1 aromatic heterocycles. The lowest BCUT2D eigenvalue weighted by Crippen LogP contribution is -2.49. The number of amides is 3. The van der Waals surface area contributed by atoms with Crippen molar-refractivity contribution in [3.05, 3.63) is 59.4 Å². The molecule has 2 unspecified atom stereocenters. The molecule has 3 aromatic rings. The number of hydrogen-bond acceptors (Lipinski definition) is 5. The van der Waals surface area contributed by atoms with Gasteiger partial charge in [0.15, 0.2) is 0 Å². The summed E-state index contributed by atoms with van der Waals surface area (Å²) in [5.41, 5.74) is 1.08. The van der Waals surface area contributed by atoms with Crippen LogP contribution in [0.4, 0.5) is 20.0 Å². The predicted octanol–water partition coefficient (Wildman–Crippen LogP) is 5.17. The number of nitrogens with zero attached hydrogens (tertiary/aromatic N) is 2. The van der Waals surface area contributed by atoms with Gasteiger partial charge >= 0.3 is 6.03 Å². The van der Waals surface area contributed by atoms with Gasteiger partial charge in [-0.05, 0) is 36.2 Å². The topological polar surface area (TPSA) is 96.0 Å². The van der Waals surface area contributed by atoms with Gasteiger partial charge in [-0.3, -0.25) is 10.1 Å². The highest BCUT2D eigenvalue weighted by molar-refractivity contribution is 7.18. The first-order valence-corrected chi connectivity index (χ1v) is 10.8. The Labute approximate surface area is 188 Å². The molecule has 0 saturated heterocycles. The molecular formula is C21H21ClFN5O2S. The van der Waals surface area contributed by atoms with E-state index in [0.29, 0.717) is 21.6 Å². The molecule has 1 heterocycles. The summed E-state index contributed by atoms with van der Waals surface area (Å²) in [6, 6.07) is 11.2. The minimum absolute atomic E-state index is 0.154. The lowest BCUT2D eigenvalue weighted by molar-refractivity contribution is -0.119. The third kappa shape index (κ3) is 6.22. The largest absolute Gasteiger partial charge is 0.326 e. The third-order valence-corrected chi connectivity index (χ3v) is 5.71. The molecule has 3 amide bonds. The van der Waals surface area contributed by atoms with E-state index in [1.54, 1.807) is 24.3 Å². The predicted molar refractivity (Wildman–Crippen MR) is 121 cm³/mol. The van der Waals surface area contributed by atoms with E-state index in [1.165, 1.54) is 29.5 Å². The van der Waals surface area contributed by atoms with E-state index in [4.69, 9.17) is 11.6 Å². The second kappa shape index (κ2) is 10.3. The normalized spacial score (nSPS) is 12.6. The van der Waals surface area contributed by atoms with Crippen LogP contribution in [0.25, 0.3) is 10.6 Å². The van der Waals surface area contributed by atoms with Gasteiger partial charge in [-0.25, -0.2) is 9.18 Å². The van der Waals surface area contributed by atoms with Crippen molar-refractivity contribution in [3.8, 4) is 10.6 Å². The summed E-state index contributed by atoms with van der Waals surface area (Å²) in [5.74, 6) is -1.04. The van der Waals surface area contributed by atoms with Gasteiger partial charge in [0.1, 0.15) is 16.9 Å². The van der Waals surface area contributed by atoms with Crippen LogP contribution >= 0.6 is 22.9 Å². The quantitative estimate of drug-likeness (QED) is 0.452. The van der Waals surface area contributed by atoms with E-state index in [9.17, 15) is 14.0 Å². The fourth-order valence-corrected chi connectivity index (χ4v) is 3.70. The summed E-state index contributed by atoms with van der Waals surface area (Å²) < 4.78 is 13.3. The highest BCUT2D eigenvalue weighted by Crippen LogP contribution is 2.28. The minimum Gasteiger partial charge on any atom is -0.326 e. The van der Waals surface area contributed by atoms with Crippen molar-refractivity contribution < 1.29 is 14.0 Å². The van der Waals surface area contributed by atoms with Crippen LogP contribution in [0, 0.1) is 11.7 Å². The number of carbonyl (C=O) groups excluding carboxylic acids is 2. The Morgan fingerprint density at radius 1 is 1.13 bits per heavy atom. The summed E-state index contributed by atoms with van der Waals surface area (Å²) in [7, 11) is 0. The molecule has 0 aliphatic carbocycles. The molecule has 7 nitrogen and oxygen atoms in total. The first kappa shape index (κ1) is 22.6. The van der Waals surface area contributed by atoms with E-state index in [0.717, 1.165) is 5.56 Å². The average Bonchev–Trinajstić information content (AvgIpc) is 3.20. The van der Waals surface area contributed by atoms with E-state index in [1.807, 2.05) is 19.9 Å². The zero-order chi connectivity index (χ0) is 22.4. The zero-order valence-corrected chi connectivity index (χ0v) is 18.4. The number of carbonyl (C=O) groups is 2. The Kier molecular flexibility index (Phi) is 7.54. The van der Waals surface area contributed by atoms with Gasteiger partial charge < -0.3 is 10.6 Å². The smallest absolute Gasteiger partial charge is 0.319 e. The van der Waals surface area contributed by atoms with Crippen molar-refractivity contribution in [2.45, 2.75) is 26.3 Å². The maximum atomic E-state index is 13.3. The zero-order valence-electron chi connectivity index (χ0n) is 16.9. The monoisotopic (exact) mass is 461 g/mol. The van der Waals surface area contributed by atoms with E-state index in [-0.39, 0.29) is 11.6 Å². The highest BCUT2D eigenvalue weighted by atomic mass is 35.5. The number of urea groups is 1. The van der Waals surface area contributed by atoms with Crippen LogP contribution in [0.1, 0.15) is 20.3 Å². The third-order valence-electron chi connectivity index (χ3n) is 4.59. The molecule has 0 spiro atoms. The van der Waals surface area contributed by atoms with E-state index >= 15 is 0 Å². The molecular weight excluding hydrogens is 441 g/mol. The maximum absolute atomic E-state index is 13.3. The Hall–Kier alpha value is -3.04. The van der Waals surface area contributed by atoms with Crippen molar-refractivity contribution >= 4 is 45.7 Å². The van der Waals surface area contributed by atoms with Crippen LogP contribution in [0.5, 0.6) is 0 Å². The molecule has 0 fully saturated rings. The van der Waals surface area contributed by atoms with Crippen molar-refractivity contribution in [3.63, 3.8) is 0 Å². The number of halogens is 2. The van der Waals surface area contributed by atoms with Crippen molar-refractivity contribution in [1.82, 2.24) is 15.5 Å². The molecule has 0 aliphatic rings. The number of aromatic nitrogens is 2. The van der Waals surface area contributed by atoms with Gasteiger partial charge in [-0.2, -0.15) is 0 Å². The lowest BCUT2D eigenvalue weighted by atomic mass is 9.98. The Bertz CT molecular complexity index is 1080. The number of hydrogen-bond donors (Lipinski definition) is 3. The molecule has 0 saturated carbocycles. The Balaban J connectivity index is 1.68. The van der Waals surface area contributed by atoms with Gasteiger partial charge in [-0.15, -0.1) is 10.2 Å². The Morgan fingerprint density at radius 2 is 1.90 bits per heavy atom. The fraction of sp³-hybridized carbons (Fsp3) is 0.238. The van der Waals surface area contributed by atoms with Gasteiger partial charge in [0.05, 0.1) is 0 Å². The lowest BCUT2D eigenvalue weighted by Gasteiger charge is -2.23. The summed E-state index contributed by atoms with van der Waals surface area (Å²) in [5, 5.41) is 17.5. The first-order chi connectivity index (χ1) is 14.9. The Morgan fingerprint density at radius 3 is 2.61 bits per heavy atom. The molecule has 2 atom stereocenters. The summed E-state index contributed by atoms with van der Waals surface area (Å²) in [4.78, 5) is 25.2. The second-order valence-electron chi connectivity index (χ2n) is 6.88. The molecule has 2 aromatic carbocycles. The number of rotatable bonds is 7. The standard InChI is InChI=1S/C21H21ClFN5O2S/c1-3-12(2)17(25-20(30)24-16-9-5-8-15(23)11-16)18(29)26-21-28-27-19(31-21)13-6-4-7-14(22)10-13/h4-12,17H,3H2,1-2H3,(H2,24,25,30)(H,26,28,29). The van der Waals surface area contributed by atoms with Crippen molar-refractivity contribution in [2.75, 3.05) is 10.6 Å². The summed E-state index contributed by atoms with van der Waals surface area (Å²) in [6.45, 7) is 3.77. The molecule has 3 rings (SSSR count). The highest BCUT2D eigenvalue weighted by Gasteiger charge is 2.27.